The van der Waals surface area contributed by atoms with E-state index in [2.05, 4.69) is 0 Å². The lowest BCUT2D eigenvalue weighted by Gasteiger charge is -2.28. The zero-order chi connectivity index (χ0) is 13.1. The Bertz CT molecular complexity index is 441. The lowest BCUT2D eigenvalue weighted by molar-refractivity contribution is -0.139. The molecule has 1 unspecified atom stereocenters. The van der Waals surface area contributed by atoms with Crippen molar-refractivity contribution in [3.05, 3.63) is 23.8 Å². The van der Waals surface area contributed by atoms with E-state index >= 15 is 0 Å². The summed E-state index contributed by atoms with van der Waals surface area (Å²) in [4.78, 5) is 11.4. The van der Waals surface area contributed by atoms with Gasteiger partial charge in [-0.15, -0.1) is 0 Å². The first-order valence-electron chi connectivity index (χ1n) is 6.28. The molecule has 0 heterocycles. The summed E-state index contributed by atoms with van der Waals surface area (Å²) in [7, 11) is 1.54. The zero-order valence-corrected chi connectivity index (χ0v) is 10.6. The molecule has 1 atom stereocenters. The summed E-state index contributed by atoms with van der Waals surface area (Å²) < 4.78 is 5.14. The van der Waals surface area contributed by atoms with Crippen molar-refractivity contribution in [1.82, 2.24) is 0 Å². The second-order valence-corrected chi connectivity index (χ2v) is 4.89. The predicted molar refractivity (Wildman–Crippen MR) is 69.7 cm³/mol. The van der Waals surface area contributed by atoms with Crippen LogP contribution in [0.5, 0.6) is 5.75 Å². The number of benzene rings is 1. The number of rotatable bonds is 5. The van der Waals surface area contributed by atoms with Crippen molar-refractivity contribution in [2.45, 2.75) is 31.6 Å². The number of carbonyl (C=O) groups is 1. The number of hydrogen-bond acceptors (Lipinski definition) is 3. The molecule has 1 aromatic rings. The Hall–Kier alpha value is -1.71. The molecular formula is C14H19NO3. The summed E-state index contributed by atoms with van der Waals surface area (Å²) in [6, 6.07) is 5.33. The number of carboxylic acids is 1. The molecule has 18 heavy (non-hydrogen) atoms. The molecule has 1 aliphatic rings. The van der Waals surface area contributed by atoms with Gasteiger partial charge in [-0.2, -0.15) is 0 Å². The first-order valence-corrected chi connectivity index (χ1v) is 6.28. The average molecular weight is 249 g/mol. The average Bonchev–Trinajstić information content (AvgIpc) is 2.28. The lowest BCUT2D eigenvalue weighted by atomic mass is 9.77. The first kappa shape index (κ1) is 12.7. The highest BCUT2D eigenvalue weighted by Crippen LogP contribution is 2.39. The van der Waals surface area contributed by atoms with Crippen LogP contribution in [-0.4, -0.2) is 18.2 Å². The minimum absolute atomic E-state index is 0.451. The lowest BCUT2D eigenvalue weighted by Crippen LogP contribution is -2.21. The topological polar surface area (TPSA) is 72.5 Å². The van der Waals surface area contributed by atoms with Crippen LogP contribution in [0.4, 0.5) is 5.69 Å². The van der Waals surface area contributed by atoms with E-state index in [0.717, 1.165) is 12.8 Å². The second kappa shape index (κ2) is 5.29. The maximum absolute atomic E-state index is 11.4. The monoisotopic (exact) mass is 249 g/mol. The third-order valence-corrected chi connectivity index (χ3v) is 3.79. The molecule has 2 rings (SSSR count). The number of ether oxygens (including phenoxy) is 1. The standard InChI is InChI=1S/C14H19NO3/c1-18-12-7-3-6-10(13(12)15)11(14(16)17)8-9-4-2-5-9/h3,6-7,9,11H,2,4-5,8,15H2,1H3,(H,16,17). The Morgan fingerprint density at radius 2 is 2.28 bits per heavy atom. The Balaban J connectivity index is 2.26. The number of methoxy groups -OCH3 is 1. The van der Waals surface area contributed by atoms with Crippen LogP contribution < -0.4 is 10.5 Å². The molecule has 1 aliphatic carbocycles. The smallest absolute Gasteiger partial charge is 0.311 e. The Labute approximate surface area is 107 Å². The van der Waals surface area contributed by atoms with Crippen LogP contribution in [0.3, 0.4) is 0 Å². The van der Waals surface area contributed by atoms with Crippen LogP contribution in [0.1, 0.15) is 37.2 Å². The zero-order valence-electron chi connectivity index (χ0n) is 10.6. The maximum Gasteiger partial charge on any atom is 0.311 e. The fourth-order valence-electron chi connectivity index (χ4n) is 2.47. The van der Waals surface area contributed by atoms with Crippen LogP contribution in [0.25, 0.3) is 0 Å². The van der Waals surface area contributed by atoms with Crippen LogP contribution in [0.15, 0.2) is 18.2 Å². The number of nitrogen functional groups attached to an aromatic ring is 1. The Morgan fingerprint density at radius 1 is 1.56 bits per heavy atom. The van der Waals surface area contributed by atoms with Crippen molar-refractivity contribution < 1.29 is 14.6 Å². The Kier molecular flexibility index (Phi) is 3.75. The van der Waals surface area contributed by atoms with Crippen LogP contribution in [0, 0.1) is 5.92 Å². The van der Waals surface area contributed by atoms with Gasteiger partial charge in [-0.3, -0.25) is 4.79 Å². The SMILES string of the molecule is COc1cccc(C(CC2CCC2)C(=O)O)c1N. The van der Waals surface area contributed by atoms with Crippen LogP contribution in [-0.2, 0) is 4.79 Å². The summed E-state index contributed by atoms with van der Waals surface area (Å²) in [6.07, 6.45) is 4.15. The molecule has 0 radical (unpaired) electrons. The second-order valence-electron chi connectivity index (χ2n) is 4.89. The fraction of sp³-hybridized carbons (Fsp3) is 0.500. The van der Waals surface area contributed by atoms with E-state index in [-0.39, 0.29) is 0 Å². The molecule has 1 fully saturated rings. The first-order chi connectivity index (χ1) is 8.63. The molecule has 4 heteroatoms. The van der Waals surface area contributed by atoms with Gasteiger partial charge in [-0.25, -0.2) is 0 Å². The van der Waals surface area contributed by atoms with Crippen molar-refractivity contribution >= 4 is 11.7 Å². The van der Waals surface area contributed by atoms with Gasteiger partial charge in [-0.1, -0.05) is 31.4 Å². The van der Waals surface area contributed by atoms with Gasteiger partial charge in [0.05, 0.1) is 18.7 Å². The van der Waals surface area contributed by atoms with Crippen molar-refractivity contribution in [2.75, 3.05) is 12.8 Å². The number of anilines is 1. The number of hydrogen-bond donors (Lipinski definition) is 2. The van der Waals surface area contributed by atoms with E-state index in [4.69, 9.17) is 10.5 Å². The highest BCUT2D eigenvalue weighted by atomic mass is 16.5. The molecule has 0 amide bonds. The number of nitrogens with two attached hydrogens (primary N) is 1. The highest BCUT2D eigenvalue weighted by Gasteiger charge is 2.29. The van der Waals surface area contributed by atoms with E-state index in [0.29, 0.717) is 29.3 Å². The summed E-state index contributed by atoms with van der Waals surface area (Å²) in [6.45, 7) is 0. The van der Waals surface area contributed by atoms with E-state index in [1.54, 1.807) is 18.2 Å². The van der Waals surface area contributed by atoms with E-state index in [1.807, 2.05) is 0 Å². The number of carboxylic acid groups (broad SMARTS) is 1. The van der Waals surface area contributed by atoms with Crippen LogP contribution >= 0.6 is 0 Å². The van der Waals surface area contributed by atoms with E-state index < -0.39 is 11.9 Å². The molecule has 1 saturated carbocycles. The number of para-hydroxylation sites is 1. The molecule has 0 saturated heterocycles. The molecule has 4 nitrogen and oxygen atoms in total. The van der Waals surface area contributed by atoms with Crippen LogP contribution in [0.2, 0.25) is 0 Å². The van der Waals surface area contributed by atoms with Crippen molar-refractivity contribution in [2.24, 2.45) is 5.92 Å². The highest BCUT2D eigenvalue weighted by molar-refractivity contribution is 5.79. The number of aliphatic carboxylic acids is 1. The van der Waals surface area contributed by atoms with Gasteiger partial charge in [0.25, 0.3) is 0 Å². The van der Waals surface area contributed by atoms with Gasteiger partial charge < -0.3 is 15.6 Å². The molecule has 98 valence electrons. The molecule has 0 aliphatic heterocycles. The van der Waals surface area contributed by atoms with Crippen molar-refractivity contribution in [1.29, 1.82) is 0 Å². The third kappa shape index (κ3) is 2.42. The van der Waals surface area contributed by atoms with Crippen molar-refractivity contribution in [3.8, 4) is 5.75 Å². The predicted octanol–water partition coefficient (Wildman–Crippen LogP) is 2.64. The largest absolute Gasteiger partial charge is 0.495 e. The van der Waals surface area contributed by atoms with Gasteiger partial charge in [0.15, 0.2) is 0 Å². The molecule has 3 N–H and O–H groups in total. The molecule has 0 bridgehead atoms. The minimum atomic E-state index is -0.804. The van der Waals surface area contributed by atoms with Crippen molar-refractivity contribution in [3.63, 3.8) is 0 Å². The Morgan fingerprint density at radius 3 is 2.78 bits per heavy atom. The van der Waals surface area contributed by atoms with Gasteiger partial charge in [0, 0.05) is 0 Å². The summed E-state index contributed by atoms with van der Waals surface area (Å²) in [5, 5.41) is 9.39. The quantitative estimate of drug-likeness (QED) is 0.787. The van der Waals surface area contributed by atoms with E-state index in [1.165, 1.54) is 13.5 Å². The van der Waals surface area contributed by atoms with E-state index in [9.17, 15) is 9.90 Å². The fourth-order valence-corrected chi connectivity index (χ4v) is 2.47. The normalized spacial score (nSPS) is 16.9. The molecule has 1 aromatic carbocycles. The van der Waals surface area contributed by atoms with Gasteiger partial charge >= 0.3 is 5.97 Å². The third-order valence-electron chi connectivity index (χ3n) is 3.79. The summed E-state index contributed by atoms with van der Waals surface area (Å²) >= 11 is 0. The minimum Gasteiger partial charge on any atom is -0.495 e. The summed E-state index contributed by atoms with van der Waals surface area (Å²) in [5.74, 6) is -0.253. The molecule has 0 spiro atoms. The molecular weight excluding hydrogens is 230 g/mol. The maximum atomic E-state index is 11.4. The summed E-state index contributed by atoms with van der Waals surface area (Å²) in [5.41, 5.74) is 7.10. The molecule has 0 aromatic heterocycles. The van der Waals surface area contributed by atoms with Gasteiger partial charge in [-0.05, 0) is 24.0 Å². The van der Waals surface area contributed by atoms with Gasteiger partial charge in [0.2, 0.25) is 0 Å². The van der Waals surface area contributed by atoms with Gasteiger partial charge in [0.1, 0.15) is 5.75 Å².